The third-order valence-corrected chi connectivity index (χ3v) is 5.80. The molecule has 0 aliphatic rings. The number of anilines is 2. The van der Waals surface area contributed by atoms with Crippen LogP contribution in [-0.4, -0.2) is 33.7 Å². The molecular weight excluding hydrogens is 474 g/mol. The average Bonchev–Trinajstić information content (AvgIpc) is 3.34. The predicted octanol–water partition coefficient (Wildman–Crippen LogP) is 4.78. The van der Waals surface area contributed by atoms with Crippen molar-refractivity contribution >= 4 is 63.0 Å². The fraction of sp³-hybridized carbons (Fsp3) is 0.250. The standard InChI is InChI=1S/C20H20ClN5O4S2/c1-20(2,3)30-19(29)24-18-26-25-17(32-18)16(28)23-12-7-5-4-6-11(12)10-22-15(27)13-8-9-14(21)31-13/h4-9H,10H2,1-3H3,(H,22,27)(H,23,28)(H,24,26,29). The maximum Gasteiger partial charge on any atom is 0.414 e. The van der Waals surface area contributed by atoms with Gasteiger partial charge in [0.05, 0.1) is 9.21 Å². The lowest BCUT2D eigenvalue weighted by molar-refractivity contribution is 0.0635. The predicted molar refractivity (Wildman–Crippen MR) is 125 cm³/mol. The smallest absolute Gasteiger partial charge is 0.414 e. The molecule has 0 unspecified atom stereocenters. The van der Waals surface area contributed by atoms with Crippen molar-refractivity contribution in [3.63, 3.8) is 0 Å². The number of hydrogen-bond donors (Lipinski definition) is 3. The summed E-state index contributed by atoms with van der Waals surface area (Å²) < 4.78 is 5.68. The second-order valence-corrected chi connectivity index (χ2v) is 10.1. The molecule has 12 heteroatoms. The van der Waals surface area contributed by atoms with Crippen LogP contribution in [0.15, 0.2) is 36.4 Å². The van der Waals surface area contributed by atoms with Crippen molar-refractivity contribution in [1.82, 2.24) is 15.5 Å². The summed E-state index contributed by atoms with van der Waals surface area (Å²) in [6.07, 6.45) is -0.686. The van der Waals surface area contributed by atoms with E-state index in [4.69, 9.17) is 16.3 Å². The van der Waals surface area contributed by atoms with Gasteiger partial charge in [-0.3, -0.25) is 14.9 Å². The molecule has 3 rings (SSSR count). The van der Waals surface area contributed by atoms with Crippen LogP contribution in [-0.2, 0) is 11.3 Å². The number of rotatable bonds is 6. The summed E-state index contributed by atoms with van der Waals surface area (Å²) >= 11 is 7.97. The molecule has 0 aliphatic heterocycles. The number of aromatic nitrogens is 2. The number of hydrogen-bond acceptors (Lipinski definition) is 8. The number of para-hydroxylation sites is 1. The minimum Gasteiger partial charge on any atom is -0.444 e. The Kier molecular flexibility index (Phi) is 7.44. The highest BCUT2D eigenvalue weighted by molar-refractivity contribution is 7.18. The average molecular weight is 494 g/mol. The number of amides is 3. The van der Waals surface area contributed by atoms with Gasteiger partial charge in [-0.2, -0.15) is 0 Å². The molecule has 2 aromatic heterocycles. The van der Waals surface area contributed by atoms with E-state index in [2.05, 4.69) is 26.1 Å². The third-order valence-electron chi connectivity index (χ3n) is 3.73. The van der Waals surface area contributed by atoms with E-state index in [9.17, 15) is 14.4 Å². The van der Waals surface area contributed by atoms with E-state index in [0.29, 0.717) is 20.5 Å². The van der Waals surface area contributed by atoms with Gasteiger partial charge in [-0.05, 0) is 44.5 Å². The van der Waals surface area contributed by atoms with Crippen LogP contribution >= 0.6 is 34.3 Å². The van der Waals surface area contributed by atoms with Crippen molar-refractivity contribution in [1.29, 1.82) is 0 Å². The van der Waals surface area contributed by atoms with Crippen LogP contribution < -0.4 is 16.0 Å². The van der Waals surface area contributed by atoms with Crippen molar-refractivity contribution in [3.8, 4) is 0 Å². The largest absolute Gasteiger partial charge is 0.444 e. The third kappa shape index (κ3) is 6.74. The molecule has 3 aromatic rings. The molecule has 0 aliphatic carbocycles. The van der Waals surface area contributed by atoms with E-state index >= 15 is 0 Å². The SMILES string of the molecule is CC(C)(C)OC(=O)Nc1nnc(C(=O)Nc2ccccc2CNC(=O)c2ccc(Cl)s2)s1. The lowest BCUT2D eigenvalue weighted by Crippen LogP contribution is -2.27. The highest BCUT2D eigenvalue weighted by Gasteiger charge is 2.20. The molecule has 32 heavy (non-hydrogen) atoms. The second kappa shape index (κ2) is 10.1. The van der Waals surface area contributed by atoms with Gasteiger partial charge < -0.3 is 15.4 Å². The Labute approximate surface area is 197 Å². The molecule has 2 heterocycles. The van der Waals surface area contributed by atoms with Crippen molar-refractivity contribution in [3.05, 3.63) is 56.2 Å². The zero-order valence-electron chi connectivity index (χ0n) is 17.4. The van der Waals surface area contributed by atoms with Crippen molar-refractivity contribution < 1.29 is 19.1 Å². The lowest BCUT2D eigenvalue weighted by atomic mass is 10.1. The molecular formula is C20H20ClN5O4S2. The second-order valence-electron chi connectivity index (χ2n) is 7.44. The van der Waals surface area contributed by atoms with Crippen LogP contribution in [0.2, 0.25) is 4.34 Å². The van der Waals surface area contributed by atoms with Gasteiger partial charge in [0.1, 0.15) is 5.60 Å². The number of halogens is 1. The van der Waals surface area contributed by atoms with E-state index in [0.717, 1.165) is 11.3 Å². The van der Waals surface area contributed by atoms with Crippen molar-refractivity contribution in [2.24, 2.45) is 0 Å². The van der Waals surface area contributed by atoms with Gasteiger partial charge in [-0.15, -0.1) is 21.5 Å². The molecule has 3 amide bonds. The minimum atomic E-state index is -0.686. The van der Waals surface area contributed by atoms with Crippen LogP contribution in [0.4, 0.5) is 15.6 Å². The molecule has 0 fully saturated rings. The summed E-state index contributed by atoms with van der Waals surface area (Å²) in [5, 5.41) is 15.8. The first-order valence-corrected chi connectivity index (χ1v) is 11.4. The molecule has 0 radical (unpaired) electrons. The fourth-order valence-electron chi connectivity index (χ4n) is 2.43. The molecule has 0 spiro atoms. The summed E-state index contributed by atoms with van der Waals surface area (Å²) in [6.45, 7) is 5.41. The highest BCUT2D eigenvalue weighted by Crippen LogP contribution is 2.23. The number of carbonyl (C=O) groups is 3. The zero-order chi connectivity index (χ0) is 23.3. The normalized spacial score (nSPS) is 11.0. The van der Waals surface area contributed by atoms with E-state index in [1.54, 1.807) is 57.2 Å². The van der Waals surface area contributed by atoms with Crippen LogP contribution in [0.1, 0.15) is 45.8 Å². The Morgan fingerprint density at radius 3 is 2.44 bits per heavy atom. The van der Waals surface area contributed by atoms with Gasteiger partial charge in [-0.1, -0.05) is 41.1 Å². The molecule has 0 atom stereocenters. The molecule has 0 saturated carbocycles. The first-order valence-electron chi connectivity index (χ1n) is 9.37. The number of carbonyl (C=O) groups excluding carboxylic acids is 3. The quantitative estimate of drug-likeness (QED) is 0.454. The van der Waals surface area contributed by atoms with E-state index in [1.807, 2.05) is 0 Å². The zero-order valence-corrected chi connectivity index (χ0v) is 19.8. The Bertz CT molecular complexity index is 1140. The summed E-state index contributed by atoms with van der Waals surface area (Å²) in [5.74, 6) is -0.756. The number of ether oxygens (including phenoxy) is 1. The first kappa shape index (κ1) is 23.6. The summed E-state index contributed by atoms with van der Waals surface area (Å²) in [6, 6.07) is 10.4. The molecule has 0 bridgehead atoms. The van der Waals surface area contributed by atoms with Gasteiger partial charge in [0.25, 0.3) is 11.8 Å². The van der Waals surface area contributed by atoms with Gasteiger partial charge in [0.15, 0.2) is 0 Å². The van der Waals surface area contributed by atoms with Crippen molar-refractivity contribution in [2.75, 3.05) is 10.6 Å². The van der Waals surface area contributed by atoms with Gasteiger partial charge >= 0.3 is 6.09 Å². The Morgan fingerprint density at radius 1 is 1.00 bits per heavy atom. The van der Waals surface area contributed by atoms with Gasteiger partial charge in [0, 0.05) is 12.2 Å². The first-order chi connectivity index (χ1) is 15.1. The highest BCUT2D eigenvalue weighted by atomic mass is 35.5. The van der Waals surface area contributed by atoms with Gasteiger partial charge in [0.2, 0.25) is 10.1 Å². The molecule has 9 nitrogen and oxygen atoms in total. The molecule has 1 aromatic carbocycles. The molecule has 168 valence electrons. The van der Waals surface area contributed by atoms with Gasteiger partial charge in [-0.25, -0.2) is 4.79 Å². The summed E-state index contributed by atoms with van der Waals surface area (Å²) in [4.78, 5) is 37.2. The minimum absolute atomic E-state index is 0.0584. The van der Waals surface area contributed by atoms with Crippen molar-refractivity contribution in [2.45, 2.75) is 32.9 Å². The molecule has 3 N–H and O–H groups in total. The Hall–Kier alpha value is -3.02. The maximum absolute atomic E-state index is 12.6. The van der Waals surface area contributed by atoms with Crippen LogP contribution in [0, 0.1) is 0 Å². The fourth-order valence-corrected chi connectivity index (χ4v) is 4.01. The maximum atomic E-state index is 12.6. The summed E-state index contributed by atoms with van der Waals surface area (Å²) in [5.41, 5.74) is 0.552. The van der Waals surface area contributed by atoms with E-state index in [-0.39, 0.29) is 22.6 Å². The van der Waals surface area contributed by atoms with Crippen LogP contribution in [0.5, 0.6) is 0 Å². The Balaban J connectivity index is 1.61. The van der Waals surface area contributed by atoms with E-state index < -0.39 is 17.6 Å². The van der Waals surface area contributed by atoms with Crippen LogP contribution in [0.3, 0.4) is 0 Å². The topological polar surface area (TPSA) is 122 Å². The monoisotopic (exact) mass is 493 g/mol. The molecule has 0 saturated heterocycles. The van der Waals surface area contributed by atoms with Crippen LogP contribution in [0.25, 0.3) is 0 Å². The van der Waals surface area contributed by atoms with E-state index in [1.165, 1.54) is 11.3 Å². The lowest BCUT2D eigenvalue weighted by Gasteiger charge is -2.18. The number of benzene rings is 1. The number of nitrogens with one attached hydrogen (secondary N) is 3. The summed E-state index contributed by atoms with van der Waals surface area (Å²) in [7, 11) is 0. The number of thiophene rings is 1. The Morgan fingerprint density at radius 2 is 1.75 bits per heavy atom. The number of nitrogens with zero attached hydrogens (tertiary/aromatic N) is 2.